The summed E-state index contributed by atoms with van der Waals surface area (Å²) in [7, 11) is -6.73. The number of carbonyl (C=O) groups excluding carboxylic acids is 1. The normalized spacial score (nSPS) is 21.4. The summed E-state index contributed by atoms with van der Waals surface area (Å²) in [6.45, 7) is 0.385. The molecule has 118 valence electrons. The van der Waals surface area contributed by atoms with E-state index in [0.717, 1.165) is 11.4 Å². The highest BCUT2D eigenvalue weighted by molar-refractivity contribution is 7.87. The molecule has 1 saturated heterocycles. The van der Waals surface area contributed by atoms with Gasteiger partial charge in [0.2, 0.25) is 0 Å². The van der Waals surface area contributed by atoms with Crippen LogP contribution in [0.1, 0.15) is 12.8 Å². The first kappa shape index (κ1) is 17.1. The predicted molar refractivity (Wildman–Crippen MR) is 69.9 cm³/mol. The average Bonchev–Trinajstić information content (AvgIpc) is 2.35. The van der Waals surface area contributed by atoms with Crippen LogP contribution in [0.15, 0.2) is 0 Å². The van der Waals surface area contributed by atoms with Gasteiger partial charge in [0.1, 0.15) is 0 Å². The Morgan fingerprint density at radius 1 is 1.40 bits per heavy atom. The topological polar surface area (TPSA) is 148 Å². The molecule has 1 rings (SSSR count). The Bertz CT molecular complexity index is 545. The maximum Gasteiger partial charge on any atom is 0.421 e. The summed E-state index contributed by atoms with van der Waals surface area (Å²) in [5.41, 5.74) is 0. The lowest BCUT2D eigenvalue weighted by atomic mass is 10.0. The first-order valence-corrected chi connectivity index (χ1v) is 8.76. The monoisotopic (exact) mass is 330 g/mol. The van der Waals surface area contributed by atoms with Crippen LogP contribution in [0.25, 0.3) is 0 Å². The van der Waals surface area contributed by atoms with Crippen LogP contribution in [0.2, 0.25) is 0 Å². The van der Waals surface area contributed by atoms with E-state index in [9.17, 15) is 21.6 Å². The molecule has 4 N–H and O–H groups in total. The van der Waals surface area contributed by atoms with Crippen molar-refractivity contribution < 1.29 is 26.4 Å². The minimum Gasteiger partial charge on any atom is -0.452 e. The van der Waals surface area contributed by atoms with Gasteiger partial charge in [0.15, 0.2) is 0 Å². The summed E-state index contributed by atoms with van der Waals surface area (Å²) in [5, 5.41) is 4.81. The smallest absolute Gasteiger partial charge is 0.421 e. The molecule has 0 aromatic heterocycles. The van der Waals surface area contributed by atoms with Gasteiger partial charge in [-0.3, -0.25) is 0 Å². The second kappa shape index (κ2) is 6.67. The van der Waals surface area contributed by atoms with E-state index >= 15 is 0 Å². The number of nitrogens with two attached hydrogens (primary N) is 1. The zero-order valence-corrected chi connectivity index (χ0v) is 12.5. The second-order valence-corrected chi connectivity index (χ2v) is 7.41. The highest BCUT2D eigenvalue weighted by Crippen LogP contribution is 2.18. The zero-order chi connectivity index (χ0) is 15.4. The van der Waals surface area contributed by atoms with Gasteiger partial charge in [0.05, 0.1) is 7.11 Å². The van der Waals surface area contributed by atoms with Gasteiger partial charge in [-0.05, 0) is 18.8 Å². The number of nitrogens with one attached hydrogen (secondary N) is 2. The standard InChI is InChI=1S/C8H18N4O6S2/c1-18-8(13)11-20(16,17)12-4-2-3-7(6-12)5-10-19(9,14)15/h7,10H,2-6H2,1H3,(H,11,13)(H2,9,14,15). The average molecular weight is 330 g/mol. The molecule has 12 heteroatoms. The number of methoxy groups -OCH3 is 1. The number of rotatable bonds is 5. The predicted octanol–water partition coefficient (Wildman–Crippen LogP) is -1.91. The van der Waals surface area contributed by atoms with Crippen LogP contribution in [0.5, 0.6) is 0 Å². The number of ether oxygens (including phenoxy) is 1. The Morgan fingerprint density at radius 2 is 2.05 bits per heavy atom. The summed E-state index contributed by atoms with van der Waals surface area (Å²) in [4.78, 5) is 11.0. The maximum absolute atomic E-state index is 11.9. The Kier molecular flexibility index (Phi) is 5.70. The molecule has 10 nitrogen and oxygen atoms in total. The number of amides is 1. The van der Waals surface area contributed by atoms with Crippen molar-refractivity contribution in [3.05, 3.63) is 0 Å². The number of hydrogen-bond acceptors (Lipinski definition) is 6. The van der Waals surface area contributed by atoms with Crippen molar-refractivity contribution in [3.63, 3.8) is 0 Å². The molecule has 0 radical (unpaired) electrons. The van der Waals surface area contributed by atoms with Gasteiger partial charge in [-0.25, -0.2) is 19.4 Å². The van der Waals surface area contributed by atoms with Gasteiger partial charge in [-0.1, -0.05) is 0 Å². The van der Waals surface area contributed by atoms with Crippen LogP contribution in [0.4, 0.5) is 4.79 Å². The van der Waals surface area contributed by atoms with E-state index in [0.29, 0.717) is 12.8 Å². The van der Waals surface area contributed by atoms with Crippen molar-refractivity contribution >= 4 is 26.5 Å². The summed E-state index contributed by atoms with van der Waals surface area (Å²) >= 11 is 0. The Balaban J connectivity index is 2.62. The SMILES string of the molecule is COC(=O)NS(=O)(=O)N1CCCC(CNS(N)(=O)=O)C1. The van der Waals surface area contributed by atoms with Gasteiger partial charge in [0.25, 0.3) is 10.2 Å². The fraction of sp³-hybridized carbons (Fsp3) is 0.875. The van der Waals surface area contributed by atoms with Gasteiger partial charge < -0.3 is 4.74 Å². The molecule has 0 aromatic rings. The van der Waals surface area contributed by atoms with Gasteiger partial charge in [-0.15, -0.1) is 0 Å². The number of hydrogen-bond donors (Lipinski definition) is 3. The third-order valence-corrected chi connectivity index (χ3v) is 4.80. The van der Waals surface area contributed by atoms with Crippen molar-refractivity contribution in [1.29, 1.82) is 0 Å². The number of piperidine rings is 1. The number of carbonyl (C=O) groups is 1. The van der Waals surface area contributed by atoms with Crippen LogP contribution in [-0.4, -0.2) is 54.0 Å². The summed E-state index contributed by atoms with van der Waals surface area (Å²) < 4.78 is 54.5. The minimum atomic E-state index is -3.98. The highest BCUT2D eigenvalue weighted by Gasteiger charge is 2.30. The second-order valence-electron chi connectivity index (χ2n) is 4.36. The van der Waals surface area contributed by atoms with Crippen LogP contribution >= 0.6 is 0 Å². The van der Waals surface area contributed by atoms with Crippen LogP contribution < -0.4 is 14.6 Å². The lowest BCUT2D eigenvalue weighted by Gasteiger charge is -2.31. The molecule has 0 aliphatic carbocycles. The van der Waals surface area contributed by atoms with E-state index in [1.807, 2.05) is 0 Å². The van der Waals surface area contributed by atoms with E-state index in [1.165, 1.54) is 0 Å². The third kappa shape index (κ3) is 5.58. The highest BCUT2D eigenvalue weighted by atomic mass is 32.2. The largest absolute Gasteiger partial charge is 0.452 e. The summed E-state index contributed by atoms with van der Waals surface area (Å²) in [6.07, 6.45) is 0.140. The molecule has 1 heterocycles. The quantitative estimate of drug-likeness (QED) is 0.536. The Morgan fingerprint density at radius 3 is 2.60 bits per heavy atom. The molecular formula is C8H18N4O6S2. The molecule has 0 aromatic carbocycles. The molecular weight excluding hydrogens is 312 g/mol. The lowest BCUT2D eigenvalue weighted by Crippen LogP contribution is -2.49. The van der Waals surface area contributed by atoms with E-state index < -0.39 is 26.5 Å². The fourth-order valence-corrected chi connectivity index (χ4v) is 3.52. The van der Waals surface area contributed by atoms with Crippen molar-refractivity contribution in [2.24, 2.45) is 11.1 Å². The van der Waals surface area contributed by atoms with E-state index in [4.69, 9.17) is 5.14 Å². The number of nitrogens with zero attached hydrogens (tertiary/aromatic N) is 1. The van der Waals surface area contributed by atoms with Crippen LogP contribution in [0.3, 0.4) is 0 Å². The van der Waals surface area contributed by atoms with Gasteiger partial charge in [0, 0.05) is 19.6 Å². The summed E-state index contributed by atoms with van der Waals surface area (Å²) in [5.74, 6) is -0.212. The van der Waals surface area contributed by atoms with Gasteiger partial charge in [-0.2, -0.15) is 21.1 Å². The molecule has 1 amide bonds. The zero-order valence-electron chi connectivity index (χ0n) is 10.9. The van der Waals surface area contributed by atoms with Crippen molar-refractivity contribution in [1.82, 2.24) is 13.7 Å². The summed E-state index contributed by atoms with van der Waals surface area (Å²) in [6, 6.07) is 0. The molecule has 1 aliphatic rings. The molecule has 1 fully saturated rings. The van der Waals surface area contributed by atoms with Gasteiger partial charge >= 0.3 is 16.3 Å². The first-order valence-electron chi connectivity index (χ1n) is 5.77. The van der Waals surface area contributed by atoms with Crippen LogP contribution in [-0.2, 0) is 25.2 Å². The molecule has 20 heavy (non-hydrogen) atoms. The van der Waals surface area contributed by atoms with Crippen LogP contribution in [0, 0.1) is 5.92 Å². The van der Waals surface area contributed by atoms with Crippen molar-refractivity contribution in [2.75, 3.05) is 26.7 Å². The van der Waals surface area contributed by atoms with E-state index in [1.54, 1.807) is 4.72 Å². The molecule has 0 bridgehead atoms. The minimum absolute atomic E-state index is 0.0447. The molecule has 0 spiro atoms. The first-order chi connectivity index (χ1) is 9.14. The molecule has 1 aliphatic heterocycles. The van der Waals surface area contributed by atoms with E-state index in [-0.39, 0.29) is 25.6 Å². The lowest BCUT2D eigenvalue weighted by molar-refractivity contribution is 0.176. The Labute approximate surface area is 118 Å². The fourth-order valence-electron chi connectivity index (χ4n) is 1.86. The van der Waals surface area contributed by atoms with Crippen molar-refractivity contribution in [3.8, 4) is 0 Å². The molecule has 1 atom stereocenters. The maximum atomic E-state index is 11.9. The Hall–Kier alpha value is -0.950. The molecule has 1 unspecified atom stereocenters. The van der Waals surface area contributed by atoms with Crippen molar-refractivity contribution in [2.45, 2.75) is 12.8 Å². The third-order valence-electron chi connectivity index (χ3n) is 2.79. The molecule has 0 saturated carbocycles. The van der Waals surface area contributed by atoms with E-state index in [2.05, 4.69) is 9.46 Å².